The van der Waals surface area contributed by atoms with Crippen LogP contribution in [0.2, 0.25) is 0 Å². The van der Waals surface area contributed by atoms with Crippen LogP contribution >= 0.6 is 23.4 Å². The van der Waals surface area contributed by atoms with Gasteiger partial charge in [0.25, 0.3) is 0 Å². The van der Waals surface area contributed by atoms with Gasteiger partial charge in [-0.3, -0.25) is 4.79 Å². The highest BCUT2D eigenvalue weighted by atomic mass is 35.5. The van der Waals surface area contributed by atoms with Gasteiger partial charge in [-0.2, -0.15) is 11.8 Å². The molecule has 0 fully saturated rings. The summed E-state index contributed by atoms with van der Waals surface area (Å²) in [6, 6.07) is 7.52. The van der Waals surface area contributed by atoms with Crippen LogP contribution in [0.5, 0.6) is 0 Å². The minimum Gasteiger partial charge on any atom is -0.325 e. The molecule has 4 heteroatoms. The molecule has 0 radical (unpaired) electrons. The molecular formula is C10H12ClNOS. The first-order chi connectivity index (χ1) is 6.76. The zero-order valence-electron chi connectivity index (χ0n) is 7.92. The predicted molar refractivity (Wildman–Crippen MR) is 63.0 cm³/mol. The number of rotatable bonds is 4. The summed E-state index contributed by atoms with van der Waals surface area (Å²) in [6.07, 6.45) is 1.90. The molecule has 76 valence electrons. The first kappa shape index (κ1) is 11.4. The van der Waals surface area contributed by atoms with E-state index in [0.29, 0.717) is 11.6 Å². The summed E-state index contributed by atoms with van der Waals surface area (Å²) >= 11 is 7.15. The van der Waals surface area contributed by atoms with Gasteiger partial charge in [0.2, 0.25) is 5.91 Å². The Bertz CT molecular complexity index is 299. The number of thioether (sulfide) groups is 1. The van der Waals surface area contributed by atoms with Crippen LogP contribution in [0, 0.1) is 0 Å². The van der Waals surface area contributed by atoms with Gasteiger partial charge < -0.3 is 5.32 Å². The summed E-state index contributed by atoms with van der Waals surface area (Å²) < 4.78 is 0. The SMILES string of the molecule is CSCC(=O)Nc1ccc(CCl)cc1. The van der Waals surface area contributed by atoms with E-state index in [4.69, 9.17) is 11.6 Å². The number of hydrogen-bond donors (Lipinski definition) is 1. The van der Waals surface area contributed by atoms with Gasteiger partial charge in [0.15, 0.2) is 0 Å². The first-order valence-electron chi connectivity index (χ1n) is 4.20. The fourth-order valence-electron chi connectivity index (χ4n) is 1.01. The number of alkyl halides is 1. The second-order valence-corrected chi connectivity index (χ2v) is 3.95. The average molecular weight is 230 g/mol. The Morgan fingerprint density at radius 3 is 2.57 bits per heavy atom. The van der Waals surface area contributed by atoms with Crippen molar-refractivity contribution < 1.29 is 4.79 Å². The Balaban J connectivity index is 2.55. The number of hydrogen-bond acceptors (Lipinski definition) is 2. The van der Waals surface area contributed by atoms with Crippen molar-refractivity contribution in [1.29, 1.82) is 0 Å². The van der Waals surface area contributed by atoms with Gasteiger partial charge in [-0.05, 0) is 24.0 Å². The molecular weight excluding hydrogens is 218 g/mol. The van der Waals surface area contributed by atoms with E-state index in [1.54, 1.807) is 0 Å². The van der Waals surface area contributed by atoms with Gasteiger partial charge in [-0.1, -0.05) is 12.1 Å². The summed E-state index contributed by atoms with van der Waals surface area (Å²) in [4.78, 5) is 11.2. The van der Waals surface area contributed by atoms with Gasteiger partial charge in [0.1, 0.15) is 0 Å². The van der Waals surface area contributed by atoms with Crippen molar-refractivity contribution in [3.8, 4) is 0 Å². The molecule has 0 unspecified atom stereocenters. The molecule has 1 amide bonds. The molecule has 1 rings (SSSR count). The summed E-state index contributed by atoms with van der Waals surface area (Å²) in [5.41, 5.74) is 1.87. The van der Waals surface area contributed by atoms with E-state index in [2.05, 4.69) is 5.32 Å². The van der Waals surface area contributed by atoms with E-state index < -0.39 is 0 Å². The molecule has 0 atom stereocenters. The lowest BCUT2D eigenvalue weighted by Crippen LogP contribution is -2.13. The molecule has 1 aromatic rings. The van der Waals surface area contributed by atoms with Crippen molar-refractivity contribution in [2.75, 3.05) is 17.3 Å². The van der Waals surface area contributed by atoms with Crippen LogP contribution in [0.25, 0.3) is 0 Å². The van der Waals surface area contributed by atoms with Crippen LogP contribution in [0.3, 0.4) is 0 Å². The average Bonchev–Trinajstić information content (AvgIpc) is 2.19. The van der Waals surface area contributed by atoms with Gasteiger partial charge in [-0.15, -0.1) is 11.6 Å². The highest BCUT2D eigenvalue weighted by molar-refractivity contribution is 7.99. The quantitative estimate of drug-likeness (QED) is 0.805. The normalized spacial score (nSPS) is 9.86. The van der Waals surface area contributed by atoms with Crippen LogP contribution in [0.1, 0.15) is 5.56 Å². The summed E-state index contributed by atoms with van der Waals surface area (Å²) in [5, 5.41) is 2.79. The van der Waals surface area contributed by atoms with Gasteiger partial charge in [0.05, 0.1) is 5.75 Å². The van der Waals surface area contributed by atoms with Crippen LogP contribution in [0.4, 0.5) is 5.69 Å². The van der Waals surface area contributed by atoms with E-state index in [9.17, 15) is 4.79 Å². The van der Waals surface area contributed by atoms with E-state index in [1.165, 1.54) is 11.8 Å². The number of carbonyl (C=O) groups is 1. The topological polar surface area (TPSA) is 29.1 Å². The molecule has 0 saturated carbocycles. The third-order valence-electron chi connectivity index (χ3n) is 1.67. The molecule has 0 spiro atoms. The van der Waals surface area contributed by atoms with Gasteiger partial charge in [-0.25, -0.2) is 0 Å². The molecule has 1 aromatic carbocycles. The summed E-state index contributed by atoms with van der Waals surface area (Å²) in [6.45, 7) is 0. The fraction of sp³-hybridized carbons (Fsp3) is 0.300. The molecule has 0 aromatic heterocycles. The Labute approximate surface area is 93.0 Å². The minimum atomic E-state index is 0.0242. The van der Waals surface area contributed by atoms with E-state index in [1.807, 2.05) is 30.5 Å². The predicted octanol–water partition coefficient (Wildman–Crippen LogP) is 2.73. The van der Waals surface area contributed by atoms with E-state index in [-0.39, 0.29) is 5.91 Å². The van der Waals surface area contributed by atoms with E-state index in [0.717, 1.165) is 11.3 Å². The number of halogens is 1. The Hall–Kier alpha value is -0.670. The summed E-state index contributed by atoms with van der Waals surface area (Å²) in [7, 11) is 0. The third-order valence-corrected chi connectivity index (χ3v) is 2.53. The van der Waals surface area contributed by atoms with Crippen LogP contribution in [-0.4, -0.2) is 17.9 Å². The lowest BCUT2D eigenvalue weighted by atomic mass is 10.2. The summed E-state index contributed by atoms with van der Waals surface area (Å²) in [5.74, 6) is 1.01. The molecule has 0 saturated heterocycles. The number of benzene rings is 1. The second-order valence-electron chi connectivity index (χ2n) is 2.81. The van der Waals surface area contributed by atoms with Gasteiger partial charge >= 0.3 is 0 Å². The minimum absolute atomic E-state index is 0.0242. The first-order valence-corrected chi connectivity index (χ1v) is 6.13. The van der Waals surface area contributed by atoms with E-state index >= 15 is 0 Å². The van der Waals surface area contributed by atoms with Crippen LogP contribution in [0.15, 0.2) is 24.3 Å². The molecule has 14 heavy (non-hydrogen) atoms. The number of nitrogens with one attached hydrogen (secondary N) is 1. The molecule has 1 N–H and O–H groups in total. The van der Waals surface area contributed by atoms with Crippen molar-refractivity contribution in [2.24, 2.45) is 0 Å². The lowest BCUT2D eigenvalue weighted by molar-refractivity contribution is -0.113. The second kappa shape index (κ2) is 5.94. The molecule has 0 heterocycles. The molecule has 0 bridgehead atoms. The zero-order chi connectivity index (χ0) is 10.4. The molecule has 2 nitrogen and oxygen atoms in total. The van der Waals surface area contributed by atoms with Gasteiger partial charge in [0, 0.05) is 11.6 Å². The van der Waals surface area contributed by atoms with Crippen molar-refractivity contribution >= 4 is 35.0 Å². The number of carbonyl (C=O) groups excluding carboxylic acids is 1. The fourth-order valence-corrected chi connectivity index (χ4v) is 1.52. The number of amides is 1. The molecule has 0 aliphatic rings. The molecule has 0 aliphatic heterocycles. The lowest BCUT2D eigenvalue weighted by Gasteiger charge is -2.04. The van der Waals surface area contributed by atoms with Crippen molar-refractivity contribution in [2.45, 2.75) is 5.88 Å². The van der Waals surface area contributed by atoms with Crippen molar-refractivity contribution in [3.63, 3.8) is 0 Å². The van der Waals surface area contributed by atoms with Crippen molar-refractivity contribution in [1.82, 2.24) is 0 Å². The Morgan fingerprint density at radius 2 is 2.07 bits per heavy atom. The highest BCUT2D eigenvalue weighted by Crippen LogP contribution is 2.11. The maximum Gasteiger partial charge on any atom is 0.234 e. The molecule has 0 aliphatic carbocycles. The van der Waals surface area contributed by atoms with Crippen LogP contribution in [-0.2, 0) is 10.7 Å². The van der Waals surface area contributed by atoms with Crippen LogP contribution < -0.4 is 5.32 Å². The smallest absolute Gasteiger partial charge is 0.234 e. The largest absolute Gasteiger partial charge is 0.325 e. The zero-order valence-corrected chi connectivity index (χ0v) is 9.49. The Morgan fingerprint density at radius 1 is 1.43 bits per heavy atom. The highest BCUT2D eigenvalue weighted by Gasteiger charge is 2.00. The monoisotopic (exact) mass is 229 g/mol. The maximum atomic E-state index is 11.2. The number of anilines is 1. The standard InChI is InChI=1S/C10H12ClNOS/c1-14-7-10(13)12-9-4-2-8(6-11)3-5-9/h2-5H,6-7H2,1H3,(H,12,13). The maximum absolute atomic E-state index is 11.2. The van der Waals surface area contributed by atoms with Crippen molar-refractivity contribution in [3.05, 3.63) is 29.8 Å². The third kappa shape index (κ3) is 3.60. The Kier molecular flexibility index (Phi) is 4.84.